The van der Waals surface area contributed by atoms with Gasteiger partial charge in [0.05, 0.1) is 16.7 Å². The van der Waals surface area contributed by atoms with E-state index in [1.165, 1.54) is 18.2 Å². The number of nitro groups is 1. The molecule has 21 heavy (non-hydrogen) atoms. The molecule has 0 saturated carbocycles. The molecular weight excluding hydrogens is 294 g/mol. The highest BCUT2D eigenvalue weighted by atomic mass is 35.5. The van der Waals surface area contributed by atoms with E-state index in [9.17, 15) is 14.9 Å². The maximum atomic E-state index is 12.2. The summed E-state index contributed by atoms with van der Waals surface area (Å²) in [4.78, 5) is 26.7. The van der Waals surface area contributed by atoms with Crippen molar-refractivity contribution in [3.63, 3.8) is 0 Å². The van der Waals surface area contributed by atoms with Crippen molar-refractivity contribution in [1.29, 1.82) is 0 Å². The molecule has 1 amide bonds. The first-order valence-electron chi connectivity index (χ1n) is 6.15. The van der Waals surface area contributed by atoms with Crippen molar-refractivity contribution >= 4 is 23.2 Å². The summed E-state index contributed by atoms with van der Waals surface area (Å²) in [7, 11) is 0. The number of nitrogens with one attached hydrogen (secondary N) is 1. The average Bonchev–Trinajstić information content (AvgIpc) is 2.47. The van der Waals surface area contributed by atoms with Gasteiger partial charge in [-0.3, -0.25) is 19.9 Å². The second-order valence-electron chi connectivity index (χ2n) is 4.37. The Morgan fingerprint density at radius 3 is 2.76 bits per heavy atom. The van der Waals surface area contributed by atoms with Crippen LogP contribution in [0.4, 0.5) is 5.69 Å². The van der Waals surface area contributed by atoms with Crippen LogP contribution in [0.3, 0.4) is 0 Å². The van der Waals surface area contributed by atoms with E-state index in [0.717, 1.165) is 0 Å². The number of amides is 1. The second-order valence-corrected chi connectivity index (χ2v) is 4.80. The van der Waals surface area contributed by atoms with E-state index in [-0.39, 0.29) is 22.3 Å². The predicted octanol–water partition coefficient (Wildman–Crippen LogP) is 3.13. The minimum Gasteiger partial charge on any atom is -0.344 e. The third-order valence-corrected chi connectivity index (χ3v) is 3.11. The van der Waals surface area contributed by atoms with Gasteiger partial charge in [-0.15, -0.1) is 0 Å². The lowest BCUT2D eigenvalue weighted by molar-refractivity contribution is -0.385. The molecule has 0 saturated heterocycles. The lowest BCUT2D eigenvalue weighted by Crippen LogP contribution is -2.27. The molecule has 7 heteroatoms. The van der Waals surface area contributed by atoms with Crippen LogP contribution in [-0.2, 0) is 0 Å². The zero-order chi connectivity index (χ0) is 15.4. The summed E-state index contributed by atoms with van der Waals surface area (Å²) in [5.41, 5.74) is 0.302. The van der Waals surface area contributed by atoms with Gasteiger partial charge in [0.1, 0.15) is 5.56 Å². The van der Waals surface area contributed by atoms with Crippen LogP contribution in [0, 0.1) is 10.1 Å². The molecule has 0 fully saturated rings. The van der Waals surface area contributed by atoms with E-state index in [1.54, 1.807) is 31.3 Å². The quantitative estimate of drug-likeness (QED) is 0.694. The van der Waals surface area contributed by atoms with Gasteiger partial charge in [0, 0.05) is 17.3 Å². The number of benzene rings is 1. The number of nitro benzene ring substituents is 1. The summed E-state index contributed by atoms with van der Waals surface area (Å²) in [6.07, 6.45) is 1.61. The van der Waals surface area contributed by atoms with Crippen LogP contribution in [0.25, 0.3) is 0 Å². The molecule has 1 unspecified atom stereocenters. The van der Waals surface area contributed by atoms with Gasteiger partial charge in [-0.2, -0.15) is 0 Å². The Labute approximate surface area is 125 Å². The van der Waals surface area contributed by atoms with Crippen LogP contribution in [0.5, 0.6) is 0 Å². The van der Waals surface area contributed by atoms with Gasteiger partial charge in [0.25, 0.3) is 11.6 Å². The van der Waals surface area contributed by atoms with Gasteiger partial charge in [-0.25, -0.2) is 0 Å². The second kappa shape index (κ2) is 6.32. The van der Waals surface area contributed by atoms with Crippen molar-refractivity contribution in [2.75, 3.05) is 0 Å². The molecule has 1 aromatic carbocycles. The highest BCUT2D eigenvalue weighted by molar-refractivity contribution is 6.31. The first-order valence-corrected chi connectivity index (χ1v) is 6.52. The maximum absolute atomic E-state index is 12.2. The lowest BCUT2D eigenvalue weighted by Gasteiger charge is -2.13. The number of rotatable bonds is 4. The number of hydrogen-bond acceptors (Lipinski definition) is 4. The fraction of sp³-hybridized carbons (Fsp3) is 0.143. The molecule has 1 aromatic heterocycles. The third-order valence-electron chi connectivity index (χ3n) is 2.88. The van der Waals surface area contributed by atoms with Gasteiger partial charge in [-0.05, 0) is 31.2 Å². The number of nitrogens with zero attached hydrogens (tertiary/aromatic N) is 2. The molecule has 0 aliphatic carbocycles. The molecule has 2 aromatic rings. The molecule has 108 valence electrons. The number of pyridine rings is 1. The Morgan fingerprint density at radius 1 is 1.38 bits per heavy atom. The molecule has 1 heterocycles. The van der Waals surface area contributed by atoms with Gasteiger partial charge in [-0.1, -0.05) is 17.7 Å². The minimum absolute atomic E-state index is 0.0738. The van der Waals surface area contributed by atoms with Crippen molar-refractivity contribution < 1.29 is 9.72 Å². The van der Waals surface area contributed by atoms with Gasteiger partial charge in [0.15, 0.2) is 0 Å². The topological polar surface area (TPSA) is 85.1 Å². The Hall–Kier alpha value is -2.47. The van der Waals surface area contributed by atoms with Crippen LogP contribution < -0.4 is 5.32 Å². The molecule has 0 spiro atoms. The zero-order valence-electron chi connectivity index (χ0n) is 11.1. The summed E-state index contributed by atoms with van der Waals surface area (Å²) >= 11 is 5.80. The largest absolute Gasteiger partial charge is 0.344 e. The summed E-state index contributed by atoms with van der Waals surface area (Å²) in [6.45, 7) is 1.75. The van der Waals surface area contributed by atoms with E-state index < -0.39 is 10.8 Å². The molecule has 0 aliphatic rings. The Balaban J connectivity index is 2.25. The molecular formula is C14H12ClN3O3. The number of aromatic nitrogens is 1. The van der Waals surface area contributed by atoms with Gasteiger partial charge >= 0.3 is 0 Å². The molecule has 0 bridgehead atoms. The monoisotopic (exact) mass is 305 g/mol. The predicted molar refractivity (Wildman–Crippen MR) is 78.2 cm³/mol. The smallest absolute Gasteiger partial charge is 0.282 e. The van der Waals surface area contributed by atoms with Crippen molar-refractivity contribution in [3.8, 4) is 0 Å². The standard InChI is InChI=1S/C14H12ClN3O3/c1-9(12-4-2-3-7-16-12)17-14(19)11-8-10(15)5-6-13(11)18(20)21/h2-9H,1H3,(H,17,19). The van der Waals surface area contributed by atoms with Crippen molar-refractivity contribution in [3.05, 3.63) is 69.0 Å². The van der Waals surface area contributed by atoms with Crippen LogP contribution in [0.2, 0.25) is 5.02 Å². The van der Waals surface area contributed by atoms with Crippen molar-refractivity contribution in [2.45, 2.75) is 13.0 Å². The zero-order valence-corrected chi connectivity index (χ0v) is 11.9. The Morgan fingerprint density at radius 2 is 2.14 bits per heavy atom. The summed E-state index contributed by atoms with van der Waals surface area (Å²) < 4.78 is 0. The fourth-order valence-electron chi connectivity index (χ4n) is 1.83. The third kappa shape index (κ3) is 3.55. The van der Waals surface area contributed by atoms with Crippen molar-refractivity contribution in [2.24, 2.45) is 0 Å². The summed E-state index contributed by atoms with van der Waals surface area (Å²) in [5, 5.41) is 13.9. The minimum atomic E-state index is -0.614. The molecule has 1 N–H and O–H groups in total. The first kappa shape index (κ1) is 14.9. The van der Waals surface area contributed by atoms with Crippen LogP contribution in [0.1, 0.15) is 29.0 Å². The molecule has 0 aliphatic heterocycles. The van der Waals surface area contributed by atoms with E-state index in [0.29, 0.717) is 5.69 Å². The highest BCUT2D eigenvalue weighted by Crippen LogP contribution is 2.23. The normalized spacial score (nSPS) is 11.7. The molecule has 2 rings (SSSR count). The molecule has 1 atom stereocenters. The van der Waals surface area contributed by atoms with Gasteiger partial charge in [0.2, 0.25) is 0 Å². The van der Waals surface area contributed by atoms with Gasteiger partial charge < -0.3 is 5.32 Å². The van der Waals surface area contributed by atoms with E-state index >= 15 is 0 Å². The lowest BCUT2D eigenvalue weighted by atomic mass is 10.1. The van der Waals surface area contributed by atoms with E-state index in [2.05, 4.69) is 10.3 Å². The highest BCUT2D eigenvalue weighted by Gasteiger charge is 2.22. The number of halogens is 1. The summed E-state index contributed by atoms with van der Waals surface area (Å²) in [5.74, 6) is -0.567. The number of carbonyl (C=O) groups excluding carboxylic acids is 1. The average molecular weight is 306 g/mol. The van der Waals surface area contributed by atoms with Crippen LogP contribution in [-0.4, -0.2) is 15.8 Å². The Kier molecular flexibility index (Phi) is 4.49. The maximum Gasteiger partial charge on any atom is 0.282 e. The number of hydrogen-bond donors (Lipinski definition) is 1. The van der Waals surface area contributed by atoms with E-state index in [4.69, 9.17) is 11.6 Å². The molecule has 0 radical (unpaired) electrons. The summed E-state index contributed by atoms with van der Waals surface area (Å²) in [6, 6.07) is 8.81. The SMILES string of the molecule is CC(NC(=O)c1cc(Cl)ccc1[N+](=O)[O-])c1ccccn1. The number of carbonyl (C=O) groups is 1. The Bertz CT molecular complexity index is 676. The van der Waals surface area contributed by atoms with E-state index in [1.807, 2.05) is 0 Å². The van der Waals surface area contributed by atoms with Crippen LogP contribution in [0.15, 0.2) is 42.6 Å². The van der Waals surface area contributed by atoms with Crippen molar-refractivity contribution in [1.82, 2.24) is 10.3 Å². The molecule has 6 nitrogen and oxygen atoms in total. The fourth-order valence-corrected chi connectivity index (χ4v) is 2.00. The first-order chi connectivity index (χ1) is 9.99. The van der Waals surface area contributed by atoms with Crippen LogP contribution >= 0.6 is 11.6 Å².